The van der Waals surface area contributed by atoms with E-state index < -0.39 is 0 Å². The van der Waals surface area contributed by atoms with Gasteiger partial charge in [0.05, 0.1) is 39.3 Å². The van der Waals surface area contributed by atoms with E-state index in [0.29, 0.717) is 0 Å². The van der Waals surface area contributed by atoms with Crippen molar-refractivity contribution in [3.05, 3.63) is 157 Å². The smallest absolute Gasteiger partial charge is 0.0973 e. The summed E-state index contributed by atoms with van der Waals surface area (Å²) in [6.45, 7) is 4.50. The van der Waals surface area contributed by atoms with Gasteiger partial charge in [-0.1, -0.05) is 111 Å². The van der Waals surface area contributed by atoms with Gasteiger partial charge in [-0.3, -0.25) is 4.98 Å². The van der Waals surface area contributed by atoms with Gasteiger partial charge in [0.25, 0.3) is 0 Å². The first-order valence-corrected chi connectivity index (χ1v) is 16.4. The molecule has 0 atom stereocenters. The molecule has 10 rings (SSSR count). The van der Waals surface area contributed by atoms with Crippen LogP contribution in [0.5, 0.6) is 0 Å². The van der Waals surface area contributed by atoms with Crippen molar-refractivity contribution in [1.29, 1.82) is 0 Å². The van der Waals surface area contributed by atoms with E-state index in [1.165, 1.54) is 38.1 Å². The van der Waals surface area contributed by atoms with E-state index in [0.717, 1.165) is 56.1 Å². The summed E-state index contributed by atoms with van der Waals surface area (Å²) in [6.07, 6.45) is 1.84. The number of pyridine rings is 1. The Bertz CT molecular complexity index is 2750. The van der Waals surface area contributed by atoms with E-state index in [-0.39, 0.29) is 5.41 Å². The van der Waals surface area contributed by atoms with Crippen LogP contribution >= 0.6 is 0 Å². The fourth-order valence-electron chi connectivity index (χ4n) is 7.74. The van der Waals surface area contributed by atoms with Crippen LogP contribution in [-0.4, -0.2) is 19.5 Å². The molecule has 6 aromatic carbocycles. The minimum absolute atomic E-state index is 0.258. The molecule has 226 valence electrons. The number of rotatable bonds is 3. The van der Waals surface area contributed by atoms with Crippen molar-refractivity contribution in [2.45, 2.75) is 19.3 Å². The van der Waals surface area contributed by atoms with Crippen LogP contribution in [0.2, 0.25) is 0 Å². The van der Waals surface area contributed by atoms with E-state index in [9.17, 15) is 0 Å². The maximum Gasteiger partial charge on any atom is 0.0973 e. The normalized spacial score (nSPS) is 13.4. The van der Waals surface area contributed by atoms with Gasteiger partial charge >= 0.3 is 0 Å². The standard InChI is InChI=1S/C44H30N4/c1-44(2)36-15-7-5-14-34(36)42-43(44)47-41(31-18-17-27-12-9-23-45-37(27)25-31)40(46-42)28-19-21-32(22-20-28)48-38-16-8-6-13-33(38)35-24-29-10-3-4-11-30(29)26-39(35)48/h3-26H,1-2H3. The summed E-state index contributed by atoms with van der Waals surface area (Å²) in [4.78, 5) is 15.6. The molecule has 0 bridgehead atoms. The minimum Gasteiger partial charge on any atom is -0.309 e. The number of fused-ring (bicyclic) bond motifs is 8. The summed E-state index contributed by atoms with van der Waals surface area (Å²) < 4.78 is 2.38. The van der Waals surface area contributed by atoms with Gasteiger partial charge in [-0.05, 0) is 58.8 Å². The Hall–Kier alpha value is -6.13. The predicted molar refractivity (Wildman–Crippen MR) is 198 cm³/mol. The van der Waals surface area contributed by atoms with Gasteiger partial charge in [0.1, 0.15) is 0 Å². The van der Waals surface area contributed by atoms with Crippen LogP contribution in [0.3, 0.4) is 0 Å². The van der Waals surface area contributed by atoms with Crippen LogP contribution in [0.25, 0.3) is 82.9 Å². The molecule has 3 heterocycles. The molecule has 0 aliphatic heterocycles. The quantitative estimate of drug-likeness (QED) is 0.199. The van der Waals surface area contributed by atoms with Crippen molar-refractivity contribution in [1.82, 2.24) is 19.5 Å². The van der Waals surface area contributed by atoms with Crippen molar-refractivity contribution < 1.29 is 0 Å². The Morgan fingerprint density at radius 2 is 1.23 bits per heavy atom. The third kappa shape index (κ3) is 3.86. The Kier molecular flexibility index (Phi) is 5.59. The zero-order valence-corrected chi connectivity index (χ0v) is 26.6. The van der Waals surface area contributed by atoms with Gasteiger partial charge in [0.2, 0.25) is 0 Å². The van der Waals surface area contributed by atoms with E-state index >= 15 is 0 Å². The molecule has 0 radical (unpaired) electrons. The number of aromatic nitrogens is 4. The Morgan fingerprint density at radius 1 is 0.521 bits per heavy atom. The lowest BCUT2D eigenvalue weighted by Crippen LogP contribution is -2.17. The van der Waals surface area contributed by atoms with Gasteiger partial charge in [-0.2, -0.15) is 0 Å². The van der Waals surface area contributed by atoms with E-state index in [1.54, 1.807) is 0 Å². The van der Waals surface area contributed by atoms with Crippen molar-refractivity contribution in [3.63, 3.8) is 0 Å². The molecule has 1 aliphatic carbocycles. The number of para-hydroxylation sites is 1. The first-order valence-electron chi connectivity index (χ1n) is 16.4. The second-order valence-corrected chi connectivity index (χ2v) is 13.3. The third-order valence-corrected chi connectivity index (χ3v) is 10.2. The lowest BCUT2D eigenvalue weighted by Gasteiger charge is -2.21. The summed E-state index contributed by atoms with van der Waals surface area (Å²) >= 11 is 0. The molecular weight excluding hydrogens is 585 g/mol. The molecule has 0 N–H and O–H groups in total. The van der Waals surface area contributed by atoms with Crippen molar-refractivity contribution >= 4 is 43.5 Å². The van der Waals surface area contributed by atoms with Crippen LogP contribution < -0.4 is 0 Å². The third-order valence-electron chi connectivity index (χ3n) is 10.2. The van der Waals surface area contributed by atoms with Crippen LogP contribution in [0.1, 0.15) is 25.1 Å². The monoisotopic (exact) mass is 614 g/mol. The molecule has 4 nitrogen and oxygen atoms in total. The van der Waals surface area contributed by atoms with Gasteiger partial charge in [-0.15, -0.1) is 0 Å². The van der Waals surface area contributed by atoms with Crippen LogP contribution in [-0.2, 0) is 5.41 Å². The predicted octanol–water partition coefficient (Wildman–Crippen LogP) is 10.9. The van der Waals surface area contributed by atoms with Crippen LogP contribution in [0, 0.1) is 0 Å². The van der Waals surface area contributed by atoms with E-state index in [2.05, 4.69) is 157 Å². The molecule has 0 spiro atoms. The second kappa shape index (κ2) is 9.93. The highest BCUT2D eigenvalue weighted by molar-refractivity contribution is 6.13. The molecule has 0 fully saturated rings. The van der Waals surface area contributed by atoms with Crippen LogP contribution in [0.4, 0.5) is 0 Å². The van der Waals surface area contributed by atoms with Gasteiger partial charge in [0.15, 0.2) is 0 Å². The van der Waals surface area contributed by atoms with E-state index in [1.807, 2.05) is 12.3 Å². The maximum atomic E-state index is 5.46. The highest BCUT2D eigenvalue weighted by atomic mass is 15.0. The van der Waals surface area contributed by atoms with Crippen molar-refractivity contribution in [3.8, 4) is 39.5 Å². The summed E-state index contributed by atoms with van der Waals surface area (Å²) in [5.41, 5.74) is 12.4. The SMILES string of the molecule is CC1(C)c2ccccc2-c2nc(-c3ccc(-n4c5ccccc5c5cc6ccccc6cc54)cc3)c(-c3ccc4cccnc4c3)nc21. The first kappa shape index (κ1) is 27.0. The zero-order valence-electron chi connectivity index (χ0n) is 26.6. The molecule has 9 aromatic rings. The van der Waals surface area contributed by atoms with Gasteiger partial charge in [0, 0.05) is 50.1 Å². The van der Waals surface area contributed by atoms with E-state index in [4.69, 9.17) is 9.97 Å². The fourth-order valence-corrected chi connectivity index (χ4v) is 7.74. The summed E-state index contributed by atoms with van der Waals surface area (Å²) in [6, 6.07) is 49.8. The highest BCUT2D eigenvalue weighted by Crippen LogP contribution is 2.48. The first-order chi connectivity index (χ1) is 23.5. The van der Waals surface area contributed by atoms with Gasteiger partial charge in [-0.25, -0.2) is 9.97 Å². The molecule has 48 heavy (non-hydrogen) atoms. The largest absolute Gasteiger partial charge is 0.309 e. The molecular formula is C44H30N4. The second-order valence-electron chi connectivity index (χ2n) is 13.3. The number of hydrogen-bond donors (Lipinski definition) is 0. The Labute approximate surface area is 278 Å². The van der Waals surface area contributed by atoms with Crippen molar-refractivity contribution in [2.75, 3.05) is 0 Å². The minimum atomic E-state index is -0.258. The number of nitrogens with zero attached hydrogens (tertiary/aromatic N) is 4. The molecule has 1 aliphatic rings. The summed E-state index contributed by atoms with van der Waals surface area (Å²) in [5.74, 6) is 0. The fraction of sp³-hybridized carbons (Fsp3) is 0.0682. The maximum absolute atomic E-state index is 5.46. The summed E-state index contributed by atoms with van der Waals surface area (Å²) in [5, 5.41) is 6.09. The number of hydrogen-bond acceptors (Lipinski definition) is 3. The Morgan fingerprint density at radius 3 is 2.10 bits per heavy atom. The Balaban J connectivity index is 1.19. The molecule has 0 saturated heterocycles. The summed E-state index contributed by atoms with van der Waals surface area (Å²) in [7, 11) is 0. The number of benzene rings is 6. The highest BCUT2D eigenvalue weighted by Gasteiger charge is 2.39. The van der Waals surface area contributed by atoms with Crippen LogP contribution in [0.15, 0.2) is 146 Å². The lowest BCUT2D eigenvalue weighted by atomic mass is 9.85. The molecule has 4 heteroatoms. The average Bonchev–Trinajstić information content (AvgIpc) is 3.57. The zero-order chi connectivity index (χ0) is 32.0. The van der Waals surface area contributed by atoms with Crippen molar-refractivity contribution in [2.24, 2.45) is 0 Å². The molecule has 0 amide bonds. The molecule has 0 unspecified atom stereocenters. The molecule has 0 saturated carbocycles. The topological polar surface area (TPSA) is 43.6 Å². The molecule has 3 aromatic heterocycles. The average molecular weight is 615 g/mol. The van der Waals surface area contributed by atoms with Gasteiger partial charge < -0.3 is 4.57 Å². The lowest BCUT2D eigenvalue weighted by molar-refractivity contribution is 0.636.